The number of hydrogen-bond acceptors (Lipinski definition) is 4. The first kappa shape index (κ1) is 18.4. The van der Waals surface area contributed by atoms with E-state index in [1.54, 1.807) is 11.9 Å². The monoisotopic (exact) mass is 364 g/mol. The van der Waals surface area contributed by atoms with Gasteiger partial charge in [0.05, 0.1) is 11.5 Å². The third-order valence-electron chi connectivity index (χ3n) is 5.57. The number of hydrogen-bond donors (Lipinski definition) is 0. The van der Waals surface area contributed by atoms with Crippen molar-refractivity contribution in [1.29, 1.82) is 0 Å². The topological polar surface area (TPSA) is 57.7 Å². The van der Waals surface area contributed by atoms with Gasteiger partial charge in [0, 0.05) is 26.1 Å². The van der Waals surface area contributed by atoms with Gasteiger partial charge in [-0.3, -0.25) is 9.69 Å². The molecule has 2 saturated heterocycles. The standard InChI is InChI=1S/C19H28N2O3S/c1-20(18-9-12-25(23,24)15-18)19(22)13-16-7-10-21(11-8-16)14-17-5-3-2-4-6-17/h2-6,16,18H,7-15H2,1H3. The van der Waals surface area contributed by atoms with E-state index in [9.17, 15) is 13.2 Å². The smallest absolute Gasteiger partial charge is 0.222 e. The van der Waals surface area contributed by atoms with Gasteiger partial charge in [-0.1, -0.05) is 30.3 Å². The lowest BCUT2D eigenvalue weighted by atomic mass is 9.92. The summed E-state index contributed by atoms with van der Waals surface area (Å²) >= 11 is 0. The second kappa shape index (κ2) is 7.87. The van der Waals surface area contributed by atoms with Crippen molar-refractivity contribution in [2.24, 2.45) is 5.92 Å². The summed E-state index contributed by atoms with van der Waals surface area (Å²) in [5.74, 6) is 0.862. The summed E-state index contributed by atoms with van der Waals surface area (Å²) in [7, 11) is -1.18. The van der Waals surface area contributed by atoms with Crippen LogP contribution in [-0.4, -0.2) is 61.8 Å². The molecule has 0 spiro atoms. The van der Waals surface area contributed by atoms with E-state index < -0.39 is 9.84 Å². The van der Waals surface area contributed by atoms with Crippen molar-refractivity contribution < 1.29 is 13.2 Å². The predicted molar refractivity (Wildman–Crippen MR) is 98.9 cm³/mol. The molecule has 2 aliphatic heterocycles. The van der Waals surface area contributed by atoms with E-state index in [0.29, 0.717) is 18.8 Å². The molecule has 2 heterocycles. The molecule has 25 heavy (non-hydrogen) atoms. The summed E-state index contributed by atoms with van der Waals surface area (Å²) < 4.78 is 23.2. The van der Waals surface area contributed by atoms with Crippen LogP contribution in [0.4, 0.5) is 0 Å². The highest BCUT2D eigenvalue weighted by molar-refractivity contribution is 7.91. The number of benzene rings is 1. The fourth-order valence-corrected chi connectivity index (χ4v) is 5.64. The van der Waals surface area contributed by atoms with Gasteiger partial charge < -0.3 is 4.90 Å². The minimum atomic E-state index is -2.94. The summed E-state index contributed by atoms with van der Waals surface area (Å²) in [5.41, 5.74) is 1.33. The maximum atomic E-state index is 12.5. The van der Waals surface area contributed by atoms with Crippen LogP contribution in [0.1, 0.15) is 31.2 Å². The number of nitrogens with zero attached hydrogens (tertiary/aromatic N) is 2. The van der Waals surface area contributed by atoms with E-state index in [1.165, 1.54) is 5.56 Å². The van der Waals surface area contributed by atoms with Crippen molar-refractivity contribution >= 4 is 15.7 Å². The highest BCUT2D eigenvalue weighted by Crippen LogP contribution is 2.24. The molecule has 1 aromatic carbocycles. The van der Waals surface area contributed by atoms with Gasteiger partial charge in [-0.2, -0.15) is 0 Å². The molecule has 0 saturated carbocycles. The van der Waals surface area contributed by atoms with Crippen LogP contribution in [0, 0.1) is 5.92 Å². The number of amides is 1. The van der Waals surface area contributed by atoms with Gasteiger partial charge in [0.1, 0.15) is 0 Å². The molecule has 2 fully saturated rings. The SMILES string of the molecule is CN(C(=O)CC1CCN(Cc2ccccc2)CC1)C1CCS(=O)(=O)C1. The average Bonchev–Trinajstić information content (AvgIpc) is 2.97. The Hall–Kier alpha value is -1.40. The van der Waals surface area contributed by atoms with Gasteiger partial charge in [0.2, 0.25) is 5.91 Å². The summed E-state index contributed by atoms with van der Waals surface area (Å²) in [5, 5.41) is 0. The number of piperidine rings is 1. The van der Waals surface area contributed by atoms with E-state index in [-0.39, 0.29) is 23.5 Å². The van der Waals surface area contributed by atoms with E-state index in [0.717, 1.165) is 32.5 Å². The molecular weight excluding hydrogens is 336 g/mol. The second-order valence-electron chi connectivity index (χ2n) is 7.47. The molecule has 138 valence electrons. The Morgan fingerprint density at radius 3 is 2.44 bits per heavy atom. The first-order valence-corrected chi connectivity index (χ1v) is 11.0. The lowest BCUT2D eigenvalue weighted by molar-refractivity contribution is -0.132. The fourth-order valence-electron chi connectivity index (χ4n) is 3.87. The van der Waals surface area contributed by atoms with Crippen LogP contribution in [0.5, 0.6) is 0 Å². The molecule has 1 atom stereocenters. The molecule has 0 N–H and O–H groups in total. The number of likely N-dealkylation sites (tertiary alicyclic amines) is 1. The van der Waals surface area contributed by atoms with Crippen LogP contribution in [0.2, 0.25) is 0 Å². The molecule has 5 nitrogen and oxygen atoms in total. The van der Waals surface area contributed by atoms with E-state index in [4.69, 9.17) is 0 Å². The van der Waals surface area contributed by atoms with Crippen LogP contribution in [0.15, 0.2) is 30.3 Å². The minimum Gasteiger partial charge on any atom is -0.342 e. The van der Waals surface area contributed by atoms with Crippen molar-refractivity contribution in [3.05, 3.63) is 35.9 Å². The zero-order chi connectivity index (χ0) is 17.9. The van der Waals surface area contributed by atoms with Crippen LogP contribution >= 0.6 is 0 Å². The molecule has 0 radical (unpaired) electrons. The molecule has 1 unspecified atom stereocenters. The van der Waals surface area contributed by atoms with Crippen LogP contribution < -0.4 is 0 Å². The largest absolute Gasteiger partial charge is 0.342 e. The quantitative estimate of drug-likeness (QED) is 0.801. The van der Waals surface area contributed by atoms with E-state index in [2.05, 4.69) is 29.2 Å². The third kappa shape index (κ3) is 5.05. The highest BCUT2D eigenvalue weighted by Gasteiger charge is 2.33. The Balaban J connectivity index is 1.43. The summed E-state index contributed by atoms with van der Waals surface area (Å²) in [4.78, 5) is 16.6. The highest BCUT2D eigenvalue weighted by atomic mass is 32.2. The van der Waals surface area contributed by atoms with Gasteiger partial charge in [0.25, 0.3) is 0 Å². The van der Waals surface area contributed by atoms with E-state index in [1.807, 2.05) is 6.07 Å². The Kier molecular flexibility index (Phi) is 5.79. The molecule has 1 amide bonds. The zero-order valence-electron chi connectivity index (χ0n) is 14.9. The Morgan fingerprint density at radius 1 is 1.16 bits per heavy atom. The van der Waals surface area contributed by atoms with Crippen molar-refractivity contribution in [1.82, 2.24) is 9.80 Å². The van der Waals surface area contributed by atoms with Gasteiger partial charge >= 0.3 is 0 Å². The molecule has 0 aliphatic carbocycles. The van der Waals surface area contributed by atoms with Gasteiger partial charge in [-0.25, -0.2) is 8.42 Å². The Morgan fingerprint density at radius 2 is 1.84 bits per heavy atom. The molecule has 2 aliphatic rings. The zero-order valence-corrected chi connectivity index (χ0v) is 15.7. The molecule has 6 heteroatoms. The summed E-state index contributed by atoms with van der Waals surface area (Å²) in [6.07, 6.45) is 3.21. The lowest BCUT2D eigenvalue weighted by Gasteiger charge is -2.33. The second-order valence-corrected chi connectivity index (χ2v) is 9.70. The lowest BCUT2D eigenvalue weighted by Crippen LogP contribution is -2.40. The number of sulfone groups is 1. The molecular formula is C19H28N2O3S. The minimum absolute atomic E-state index is 0.101. The Bertz CT molecular complexity index is 682. The van der Waals surface area contributed by atoms with Crippen molar-refractivity contribution in [2.75, 3.05) is 31.6 Å². The van der Waals surface area contributed by atoms with Crippen LogP contribution in [-0.2, 0) is 21.2 Å². The maximum Gasteiger partial charge on any atom is 0.222 e. The van der Waals surface area contributed by atoms with Gasteiger partial charge in [-0.05, 0) is 43.8 Å². The molecule has 0 aromatic heterocycles. The molecule has 3 rings (SSSR count). The number of rotatable bonds is 5. The normalized spacial score (nSPS) is 24.3. The first-order chi connectivity index (χ1) is 11.9. The molecule has 0 bridgehead atoms. The fraction of sp³-hybridized carbons (Fsp3) is 0.632. The summed E-state index contributed by atoms with van der Waals surface area (Å²) in [6.45, 7) is 3.02. The third-order valence-corrected chi connectivity index (χ3v) is 7.32. The first-order valence-electron chi connectivity index (χ1n) is 9.15. The maximum absolute atomic E-state index is 12.5. The molecule has 1 aromatic rings. The van der Waals surface area contributed by atoms with Crippen molar-refractivity contribution in [3.8, 4) is 0 Å². The predicted octanol–water partition coefficient (Wildman–Crippen LogP) is 1.93. The van der Waals surface area contributed by atoms with Crippen LogP contribution in [0.25, 0.3) is 0 Å². The van der Waals surface area contributed by atoms with Crippen LogP contribution in [0.3, 0.4) is 0 Å². The van der Waals surface area contributed by atoms with Gasteiger partial charge in [-0.15, -0.1) is 0 Å². The summed E-state index contributed by atoms with van der Waals surface area (Å²) in [6, 6.07) is 10.4. The van der Waals surface area contributed by atoms with Crippen molar-refractivity contribution in [2.45, 2.75) is 38.3 Å². The number of carbonyl (C=O) groups is 1. The average molecular weight is 365 g/mol. The van der Waals surface area contributed by atoms with E-state index >= 15 is 0 Å². The number of carbonyl (C=O) groups excluding carboxylic acids is 1. The van der Waals surface area contributed by atoms with Gasteiger partial charge in [0.15, 0.2) is 9.84 Å². The van der Waals surface area contributed by atoms with Crippen molar-refractivity contribution in [3.63, 3.8) is 0 Å². The Labute approximate surface area is 150 Å².